The molecule has 2 aromatic rings. The molecule has 2 saturated heterocycles. The summed E-state index contributed by atoms with van der Waals surface area (Å²) in [5, 5.41) is 1.24. The topological polar surface area (TPSA) is 39.7 Å². The molecule has 0 saturated carbocycles. The van der Waals surface area contributed by atoms with Gasteiger partial charge < -0.3 is 4.90 Å². The quantitative estimate of drug-likeness (QED) is 0.767. The summed E-state index contributed by atoms with van der Waals surface area (Å²) in [5.41, 5.74) is 2.47. The Morgan fingerprint density at radius 2 is 2.04 bits per heavy atom. The Hall–Kier alpha value is -2.24. The van der Waals surface area contributed by atoms with E-state index in [1.165, 1.54) is 10.9 Å². The number of rotatable bonds is 4. The number of likely N-dealkylation sites (tertiary alicyclic amines) is 1. The van der Waals surface area contributed by atoms with E-state index < -0.39 is 0 Å². The first kappa shape index (κ1) is 19.1. The molecule has 5 nitrogen and oxygen atoms in total. The van der Waals surface area contributed by atoms with E-state index in [0.717, 1.165) is 51.1 Å². The summed E-state index contributed by atoms with van der Waals surface area (Å²) in [7, 11) is 2.23. The first-order valence-corrected chi connectivity index (χ1v) is 10.3. The summed E-state index contributed by atoms with van der Waals surface area (Å²) < 4.78 is 0. The highest BCUT2D eigenvalue weighted by Gasteiger charge is 2.42. The summed E-state index contributed by atoms with van der Waals surface area (Å²) in [4.78, 5) is 24.0. The van der Waals surface area contributed by atoms with Gasteiger partial charge in [0.05, 0.1) is 5.52 Å². The van der Waals surface area contributed by atoms with Crippen molar-refractivity contribution in [1.29, 1.82) is 0 Å². The van der Waals surface area contributed by atoms with Crippen LogP contribution >= 0.6 is 0 Å². The average molecular weight is 379 g/mol. The molecule has 0 N–H and O–H groups in total. The Kier molecular flexibility index (Phi) is 5.47. The SMILES string of the molecule is C=CCN1CCC2(CCC1=O)CN(Cc1ccnc3ccccc13)CCN2C. The number of piperazine rings is 1. The molecular weight excluding hydrogens is 348 g/mol. The maximum Gasteiger partial charge on any atom is 0.222 e. The molecular formula is C23H30N4O. The number of hydrogen-bond donors (Lipinski definition) is 0. The van der Waals surface area contributed by atoms with Crippen molar-refractivity contribution < 1.29 is 4.79 Å². The van der Waals surface area contributed by atoms with Crippen LogP contribution in [0.25, 0.3) is 10.9 Å². The van der Waals surface area contributed by atoms with Crippen molar-refractivity contribution in [3.63, 3.8) is 0 Å². The zero-order valence-electron chi connectivity index (χ0n) is 16.8. The predicted molar refractivity (Wildman–Crippen MR) is 113 cm³/mol. The molecule has 1 aromatic heterocycles. The van der Waals surface area contributed by atoms with E-state index >= 15 is 0 Å². The van der Waals surface area contributed by atoms with Crippen LogP contribution < -0.4 is 0 Å². The maximum absolute atomic E-state index is 12.5. The molecule has 28 heavy (non-hydrogen) atoms. The van der Waals surface area contributed by atoms with Gasteiger partial charge in [-0.2, -0.15) is 0 Å². The molecule has 1 unspecified atom stereocenters. The third-order valence-corrected chi connectivity index (χ3v) is 6.57. The Balaban J connectivity index is 1.53. The van der Waals surface area contributed by atoms with Crippen molar-refractivity contribution in [2.45, 2.75) is 31.3 Å². The van der Waals surface area contributed by atoms with Crippen LogP contribution in [0.4, 0.5) is 0 Å². The van der Waals surface area contributed by atoms with Crippen LogP contribution in [0.1, 0.15) is 24.8 Å². The first-order chi connectivity index (χ1) is 13.6. The fourth-order valence-electron chi connectivity index (χ4n) is 4.79. The molecule has 148 valence electrons. The molecule has 3 heterocycles. The van der Waals surface area contributed by atoms with Crippen LogP contribution in [0.2, 0.25) is 0 Å². The summed E-state index contributed by atoms with van der Waals surface area (Å²) in [6.07, 6.45) is 6.34. The number of fused-ring (bicyclic) bond motifs is 1. The second-order valence-electron chi connectivity index (χ2n) is 8.22. The van der Waals surface area contributed by atoms with Gasteiger partial charge >= 0.3 is 0 Å². The summed E-state index contributed by atoms with van der Waals surface area (Å²) in [6.45, 7) is 9.32. The molecule has 2 fully saturated rings. The molecule has 1 aromatic carbocycles. The van der Waals surface area contributed by atoms with E-state index in [1.54, 1.807) is 0 Å². The van der Waals surface area contributed by atoms with E-state index in [2.05, 4.69) is 52.7 Å². The van der Waals surface area contributed by atoms with Gasteiger partial charge in [0.2, 0.25) is 5.91 Å². The molecule has 1 atom stereocenters. The van der Waals surface area contributed by atoms with Gasteiger partial charge in [-0.05, 0) is 37.6 Å². The summed E-state index contributed by atoms with van der Waals surface area (Å²) in [6, 6.07) is 10.5. The third kappa shape index (κ3) is 3.69. The largest absolute Gasteiger partial charge is 0.339 e. The van der Waals surface area contributed by atoms with Crippen LogP contribution in [0, 0.1) is 0 Å². The van der Waals surface area contributed by atoms with Gasteiger partial charge in [0.1, 0.15) is 0 Å². The van der Waals surface area contributed by atoms with Crippen LogP contribution in [0.3, 0.4) is 0 Å². The van der Waals surface area contributed by atoms with E-state index in [0.29, 0.717) is 13.0 Å². The molecule has 0 aliphatic carbocycles. The van der Waals surface area contributed by atoms with Crippen LogP contribution in [0.5, 0.6) is 0 Å². The number of nitrogens with zero attached hydrogens (tertiary/aromatic N) is 4. The lowest BCUT2D eigenvalue weighted by Crippen LogP contribution is -2.60. The monoisotopic (exact) mass is 378 g/mol. The van der Waals surface area contributed by atoms with Gasteiger partial charge in [-0.25, -0.2) is 0 Å². The van der Waals surface area contributed by atoms with Gasteiger partial charge in [0, 0.05) is 62.8 Å². The van der Waals surface area contributed by atoms with Crippen molar-refractivity contribution in [1.82, 2.24) is 19.7 Å². The predicted octanol–water partition coefficient (Wildman–Crippen LogP) is 2.92. The molecule has 0 bridgehead atoms. The third-order valence-electron chi connectivity index (χ3n) is 6.57. The lowest BCUT2D eigenvalue weighted by molar-refractivity contribution is -0.130. The molecule has 0 radical (unpaired) electrons. The number of pyridine rings is 1. The molecule has 5 heteroatoms. The van der Waals surface area contributed by atoms with E-state index in [1.807, 2.05) is 23.2 Å². The second-order valence-corrected chi connectivity index (χ2v) is 8.22. The Labute approximate surface area is 167 Å². The lowest BCUT2D eigenvalue weighted by Gasteiger charge is -2.49. The molecule has 2 aliphatic heterocycles. The number of carbonyl (C=O) groups is 1. The highest BCUT2D eigenvalue weighted by Crippen LogP contribution is 2.33. The lowest BCUT2D eigenvalue weighted by atomic mass is 9.86. The molecule has 1 spiro atoms. The van der Waals surface area contributed by atoms with Gasteiger partial charge in [-0.1, -0.05) is 24.3 Å². The number of para-hydroxylation sites is 1. The minimum Gasteiger partial charge on any atom is -0.339 e. The van der Waals surface area contributed by atoms with Crippen LogP contribution in [-0.4, -0.2) is 70.9 Å². The summed E-state index contributed by atoms with van der Waals surface area (Å²) in [5.74, 6) is 0.266. The fraction of sp³-hybridized carbons (Fsp3) is 0.478. The van der Waals surface area contributed by atoms with Gasteiger partial charge in [0.25, 0.3) is 0 Å². The van der Waals surface area contributed by atoms with E-state index in [4.69, 9.17) is 0 Å². The van der Waals surface area contributed by atoms with E-state index in [-0.39, 0.29) is 11.4 Å². The normalized spacial score (nSPS) is 24.6. The first-order valence-electron chi connectivity index (χ1n) is 10.3. The molecule has 4 rings (SSSR count). The highest BCUT2D eigenvalue weighted by atomic mass is 16.2. The Morgan fingerprint density at radius 1 is 1.18 bits per heavy atom. The van der Waals surface area contributed by atoms with Crippen molar-refractivity contribution in [2.24, 2.45) is 0 Å². The minimum absolute atomic E-state index is 0.0761. The summed E-state index contributed by atoms with van der Waals surface area (Å²) >= 11 is 0. The Bertz CT molecular complexity index is 861. The smallest absolute Gasteiger partial charge is 0.222 e. The number of likely N-dealkylation sites (N-methyl/N-ethyl adjacent to an activating group) is 1. The number of amides is 1. The minimum atomic E-state index is 0.0761. The van der Waals surface area contributed by atoms with Gasteiger partial charge in [-0.15, -0.1) is 6.58 Å². The standard InChI is InChI=1S/C23H30N4O/c1-3-13-27-14-11-23(10-8-22(27)28)18-26(16-15-25(23)2)17-19-9-12-24-21-7-5-4-6-20(19)21/h3-7,9,12H,1,8,10-11,13-18H2,2H3. The highest BCUT2D eigenvalue weighted by molar-refractivity contribution is 5.81. The number of hydrogen-bond acceptors (Lipinski definition) is 4. The maximum atomic E-state index is 12.5. The number of aromatic nitrogens is 1. The van der Waals surface area contributed by atoms with Gasteiger partial charge in [0.15, 0.2) is 0 Å². The Morgan fingerprint density at radius 3 is 2.89 bits per heavy atom. The van der Waals surface area contributed by atoms with Crippen LogP contribution in [0.15, 0.2) is 49.2 Å². The molecule has 2 aliphatic rings. The van der Waals surface area contributed by atoms with Crippen LogP contribution in [-0.2, 0) is 11.3 Å². The zero-order chi connectivity index (χ0) is 19.6. The zero-order valence-corrected chi connectivity index (χ0v) is 16.8. The van der Waals surface area contributed by atoms with Crippen molar-refractivity contribution in [2.75, 3.05) is 39.8 Å². The van der Waals surface area contributed by atoms with Crippen molar-refractivity contribution >= 4 is 16.8 Å². The average Bonchev–Trinajstić information content (AvgIpc) is 2.86. The number of benzene rings is 1. The fourth-order valence-corrected chi connectivity index (χ4v) is 4.79. The molecule has 1 amide bonds. The van der Waals surface area contributed by atoms with Crippen molar-refractivity contribution in [3.05, 3.63) is 54.7 Å². The second kappa shape index (κ2) is 8.02. The van der Waals surface area contributed by atoms with Gasteiger partial charge in [-0.3, -0.25) is 19.6 Å². The van der Waals surface area contributed by atoms with E-state index in [9.17, 15) is 4.79 Å². The number of carbonyl (C=O) groups excluding carboxylic acids is 1. The van der Waals surface area contributed by atoms with Crippen molar-refractivity contribution in [3.8, 4) is 0 Å².